The highest BCUT2D eigenvalue weighted by molar-refractivity contribution is 7.99. The Kier molecular flexibility index (Phi) is 2.82. The van der Waals surface area contributed by atoms with Crippen molar-refractivity contribution >= 4 is 11.8 Å². The molecule has 0 atom stereocenters. The quantitative estimate of drug-likeness (QED) is 0.757. The average Bonchev–Trinajstić information content (AvgIpc) is 2.71. The van der Waals surface area contributed by atoms with E-state index in [1.807, 2.05) is 6.92 Å². The Balaban J connectivity index is 2.35. The highest BCUT2D eigenvalue weighted by Gasteiger charge is 2.11. The van der Waals surface area contributed by atoms with Gasteiger partial charge in [0.15, 0.2) is 11.5 Å². The van der Waals surface area contributed by atoms with Gasteiger partial charge >= 0.3 is 0 Å². The zero-order valence-corrected chi connectivity index (χ0v) is 8.82. The van der Waals surface area contributed by atoms with Crippen LogP contribution in [0.5, 0.6) is 5.88 Å². The normalized spacial score (nSPS) is 10.5. The van der Waals surface area contributed by atoms with Gasteiger partial charge in [0.1, 0.15) is 0 Å². The molecule has 0 spiro atoms. The van der Waals surface area contributed by atoms with Gasteiger partial charge < -0.3 is 10.1 Å². The van der Waals surface area contributed by atoms with Crippen molar-refractivity contribution in [2.75, 3.05) is 5.75 Å². The molecule has 7 heteroatoms. The summed E-state index contributed by atoms with van der Waals surface area (Å²) in [5.41, 5.74) is 0.264. The van der Waals surface area contributed by atoms with Gasteiger partial charge in [-0.25, -0.2) is 4.98 Å². The van der Waals surface area contributed by atoms with Crippen LogP contribution in [0.1, 0.15) is 6.92 Å². The first-order valence-electron chi connectivity index (χ1n) is 4.37. The minimum Gasteiger partial charge on any atom is -0.492 e. The first-order valence-corrected chi connectivity index (χ1v) is 5.36. The van der Waals surface area contributed by atoms with E-state index in [-0.39, 0.29) is 11.6 Å². The number of hydrogen-bond acceptors (Lipinski definition) is 6. The average molecular weight is 223 g/mol. The van der Waals surface area contributed by atoms with Crippen LogP contribution in [0.4, 0.5) is 0 Å². The predicted octanol–water partition coefficient (Wildman–Crippen LogP) is 1.08. The van der Waals surface area contributed by atoms with Crippen molar-refractivity contribution < 1.29 is 5.11 Å². The molecule has 0 unspecified atom stereocenters. The molecule has 0 amide bonds. The lowest BCUT2D eigenvalue weighted by Crippen LogP contribution is -1.96. The van der Waals surface area contributed by atoms with Crippen LogP contribution in [0.3, 0.4) is 0 Å². The molecule has 0 bridgehead atoms. The maximum atomic E-state index is 9.60. The second-order valence-electron chi connectivity index (χ2n) is 2.64. The molecule has 2 aromatic rings. The summed E-state index contributed by atoms with van der Waals surface area (Å²) in [6.07, 6.45) is 3.22. The molecule has 78 valence electrons. The standard InChI is InChI=1S/C8H9N5OS/c1-2-15-8-11-7(14)5(12-13-8)6-9-3-4-10-6/h3-4H,2H2,1H3,(H,9,10)(H,11,13,14). The van der Waals surface area contributed by atoms with Crippen molar-refractivity contribution in [1.29, 1.82) is 0 Å². The largest absolute Gasteiger partial charge is 0.492 e. The second kappa shape index (κ2) is 4.26. The number of H-pyrrole nitrogens is 1. The smallest absolute Gasteiger partial charge is 0.245 e. The van der Waals surface area contributed by atoms with Crippen molar-refractivity contribution in [3.8, 4) is 17.4 Å². The zero-order valence-electron chi connectivity index (χ0n) is 8.01. The van der Waals surface area contributed by atoms with Gasteiger partial charge in [-0.2, -0.15) is 4.98 Å². The molecule has 0 radical (unpaired) electrons. The van der Waals surface area contributed by atoms with Crippen molar-refractivity contribution in [2.45, 2.75) is 12.1 Å². The minimum atomic E-state index is -0.157. The first-order chi connectivity index (χ1) is 7.31. The number of aromatic hydroxyl groups is 1. The van der Waals surface area contributed by atoms with Crippen LogP contribution in [0.2, 0.25) is 0 Å². The molecule has 15 heavy (non-hydrogen) atoms. The molecule has 2 aromatic heterocycles. The van der Waals surface area contributed by atoms with E-state index in [9.17, 15) is 5.11 Å². The summed E-state index contributed by atoms with van der Waals surface area (Å²) in [7, 11) is 0. The lowest BCUT2D eigenvalue weighted by Gasteiger charge is -2.00. The van der Waals surface area contributed by atoms with E-state index in [1.165, 1.54) is 11.8 Å². The lowest BCUT2D eigenvalue weighted by atomic mass is 10.4. The minimum absolute atomic E-state index is 0.157. The highest BCUT2D eigenvalue weighted by Crippen LogP contribution is 2.22. The summed E-state index contributed by atoms with van der Waals surface area (Å²) in [6.45, 7) is 1.98. The maximum Gasteiger partial charge on any atom is 0.245 e. The molecule has 0 aromatic carbocycles. The van der Waals surface area contributed by atoms with Crippen molar-refractivity contribution in [3.05, 3.63) is 12.4 Å². The van der Waals surface area contributed by atoms with Crippen molar-refractivity contribution in [1.82, 2.24) is 25.1 Å². The van der Waals surface area contributed by atoms with Crippen LogP contribution >= 0.6 is 11.8 Å². The number of nitrogens with zero attached hydrogens (tertiary/aromatic N) is 4. The van der Waals surface area contributed by atoms with Gasteiger partial charge in [0.2, 0.25) is 11.0 Å². The number of hydrogen-bond donors (Lipinski definition) is 2. The second-order valence-corrected chi connectivity index (χ2v) is 3.87. The fraction of sp³-hybridized carbons (Fsp3) is 0.250. The molecular formula is C8H9N5OS. The number of imidazole rings is 1. The summed E-state index contributed by atoms with van der Waals surface area (Å²) in [4.78, 5) is 10.7. The van der Waals surface area contributed by atoms with Gasteiger partial charge in [-0.05, 0) is 5.75 Å². The monoisotopic (exact) mass is 223 g/mol. The Hall–Kier alpha value is -1.63. The molecule has 2 heterocycles. The van der Waals surface area contributed by atoms with Gasteiger partial charge in [0, 0.05) is 12.4 Å². The van der Waals surface area contributed by atoms with Gasteiger partial charge in [0.05, 0.1) is 0 Å². The molecular weight excluding hydrogens is 214 g/mol. The van der Waals surface area contributed by atoms with Crippen molar-refractivity contribution in [3.63, 3.8) is 0 Å². The molecule has 0 aliphatic rings. The third-order valence-electron chi connectivity index (χ3n) is 1.64. The van der Waals surface area contributed by atoms with E-state index in [4.69, 9.17) is 0 Å². The number of aromatic amines is 1. The van der Waals surface area contributed by atoms with Gasteiger partial charge in [-0.1, -0.05) is 18.7 Å². The molecule has 0 saturated heterocycles. The van der Waals surface area contributed by atoms with Crippen LogP contribution < -0.4 is 0 Å². The Morgan fingerprint density at radius 2 is 2.33 bits per heavy atom. The molecule has 0 aliphatic carbocycles. The molecule has 0 fully saturated rings. The Labute approximate surface area is 90.2 Å². The van der Waals surface area contributed by atoms with E-state index in [0.717, 1.165) is 5.75 Å². The first kappa shape index (κ1) is 9.91. The molecule has 2 rings (SSSR count). The number of nitrogens with one attached hydrogen (secondary N) is 1. The summed E-state index contributed by atoms with van der Waals surface area (Å²) in [5, 5.41) is 17.8. The topological polar surface area (TPSA) is 87.6 Å². The van der Waals surface area contributed by atoms with E-state index in [0.29, 0.717) is 11.0 Å². The SMILES string of the molecule is CCSc1nnc(-c2ncc[nH]2)c(O)n1. The Morgan fingerprint density at radius 3 is 2.93 bits per heavy atom. The summed E-state index contributed by atoms with van der Waals surface area (Å²) < 4.78 is 0. The molecule has 0 aliphatic heterocycles. The van der Waals surface area contributed by atoms with Crippen LogP contribution in [0.15, 0.2) is 17.6 Å². The van der Waals surface area contributed by atoms with Crippen LogP contribution in [0, 0.1) is 0 Å². The highest BCUT2D eigenvalue weighted by atomic mass is 32.2. The number of aromatic nitrogens is 5. The van der Waals surface area contributed by atoms with E-state index in [2.05, 4.69) is 25.1 Å². The number of rotatable bonds is 3. The molecule has 6 nitrogen and oxygen atoms in total. The van der Waals surface area contributed by atoms with Crippen molar-refractivity contribution in [2.24, 2.45) is 0 Å². The zero-order chi connectivity index (χ0) is 10.7. The van der Waals surface area contributed by atoms with Gasteiger partial charge in [-0.3, -0.25) is 0 Å². The van der Waals surface area contributed by atoms with Gasteiger partial charge in [-0.15, -0.1) is 10.2 Å². The summed E-state index contributed by atoms with van der Waals surface area (Å²) in [6, 6.07) is 0. The number of thioether (sulfide) groups is 1. The summed E-state index contributed by atoms with van der Waals surface area (Å²) >= 11 is 1.42. The van der Waals surface area contributed by atoms with Gasteiger partial charge in [0.25, 0.3) is 0 Å². The fourth-order valence-corrected chi connectivity index (χ4v) is 1.55. The fourth-order valence-electron chi connectivity index (χ4n) is 1.04. The lowest BCUT2D eigenvalue weighted by molar-refractivity contribution is 0.441. The van der Waals surface area contributed by atoms with E-state index in [1.54, 1.807) is 12.4 Å². The molecule has 0 saturated carbocycles. The van der Waals surface area contributed by atoms with E-state index < -0.39 is 0 Å². The van der Waals surface area contributed by atoms with Crippen LogP contribution in [0.25, 0.3) is 11.5 Å². The Morgan fingerprint density at radius 1 is 1.47 bits per heavy atom. The third-order valence-corrected chi connectivity index (χ3v) is 2.36. The Bertz CT molecular complexity index is 444. The molecule has 2 N–H and O–H groups in total. The van der Waals surface area contributed by atoms with Crippen LogP contribution in [-0.2, 0) is 0 Å². The maximum absolute atomic E-state index is 9.60. The predicted molar refractivity (Wildman–Crippen MR) is 55.5 cm³/mol. The van der Waals surface area contributed by atoms with Crippen LogP contribution in [-0.4, -0.2) is 36.0 Å². The third kappa shape index (κ3) is 2.07. The summed E-state index contributed by atoms with van der Waals surface area (Å²) in [5.74, 6) is 1.14. The van der Waals surface area contributed by atoms with E-state index >= 15 is 0 Å².